The molecule has 106 valence electrons. The van der Waals surface area contributed by atoms with Gasteiger partial charge in [0.15, 0.2) is 17.4 Å². The molecule has 6 heteroatoms. The van der Waals surface area contributed by atoms with E-state index in [4.69, 9.17) is 22.1 Å². The van der Waals surface area contributed by atoms with Gasteiger partial charge in [0.1, 0.15) is 11.6 Å². The highest BCUT2D eigenvalue weighted by Crippen LogP contribution is 2.30. The van der Waals surface area contributed by atoms with E-state index in [1.165, 1.54) is 12.1 Å². The average molecular weight is 302 g/mol. The third-order valence-electron chi connectivity index (χ3n) is 2.60. The van der Waals surface area contributed by atoms with Crippen LogP contribution in [0.3, 0.4) is 0 Å². The molecule has 0 aromatic heterocycles. The normalized spacial score (nSPS) is 10.7. The molecule has 0 radical (unpaired) electrons. The van der Waals surface area contributed by atoms with Gasteiger partial charge in [-0.3, -0.25) is 0 Å². The zero-order valence-electron chi connectivity index (χ0n) is 10.3. The van der Waals surface area contributed by atoms with Crippen molar-refractivity contribution in [2.45, 2.75) is 6.42 Å². The lowest BCUT2D eigenvalue weighted by Gasteiger charge is -2.10. The maximum Gasteiger partial charge on any atom is 0.198 e. The van der Waals surface area contributed by atoms with E-state index in [2.05, 4.69) is 0 Å². The van der Waals surface area contributed by atoms with Crippen molar-refractivity contribution in [1.82, 2.24) is 0 Å². The van der Waals surface area contributed by atoms with E-state index < -0.39 is 23.2 Å². The Morgan fingerprint density at radius 3 is 2.20 bits per heavy atom. The van der Waals surface area contributed by atoms with Crippen molar-refractivity contribution in [2.75, 3.05) is 6.54 Å². The molecule has 0 unspecified atom stereocenters. The van der Waals surface area contributed by atoms with Crippen molar-refractivity contribution in [3.8, 4) is 11.5 Å². The van der Waals surface area contributed by atoms with Crippen molar-refractivity contribution in [3.05, 3.63) is 58.4 Å². The van der Waals surface area contributed by atoms with Crippen LogP contribution in [0, 0.1) is 17.5 Å². The van der Waals surface area contributed by atoms with Gasteiger partial charge in [-0.05, 0) is 42.8 Å². The summed E-state index contributed by atoms with van der Waals surface area (Å²) in [6.45, 7) is 0.279. The van der Waals surface area contributed by atoms with Crippen molar-refractivity contribution in [2.24, 2.45) is 5.73 Å². The molecule has 2 rings (SSSR count). The molecule has 2 nitrogen and oxygen atoms in total. The van der Waals surface area contributed by atoms with Crippen LogP contribution in [-0.4, -0.2) is 6.54 Å². The average Bonchev–Trinajstić information content (AvgIpc) is 2.38. The number of rotatable bonds is 4. The smallest absolute Gasteiger partial charge is 0.198 e. The highest BCUT2D eigenvalue weighted by atomic mass is 35.5. The Balaban J connectivity index is 2.31. The monoisotopic (exact) mass is 301 g/mol. The molecule has 2 aromatic carbocycles. The van der Waals surface area contributed by atoms with Crippen LogP contribution in [0.5, 0.6) is 11.5 Å². The second kappa shape index (κ2) is 6.15. The topological polar surface area (TPSA) is 35.2 Å². The first kappa shape index (κ1) is 14.7. The van der Waals surface area contributed by atoms with E-state index in [-0.39, 0.29) is 17.3 Å². The van der Waals surface area contributed by atoms with Gasteiger partial charge in [-0.25, -0.2) is 13.2 Å². The second-order valence-electron chi connectivity index (χ2n) is 4.11. The van der Waals surface area contributed by atoms with Gasteiger partial charge in [0.25, 0.3) is 0 Å². The molecule has 0 atom stereocenters. The summed E-state index contributed by atoms with van der Waals surface area (Å²) in [6.07, 6.45) is 0.351. The van der Waals surface area contributed by atoms with Gasteiger partial charge < -0.3 is 10.5 Å². The van der Waals surface area contributed by atoms with Gasteiger partial charge >= 0.3 is 0 Å². The lowest BCUT2D eigenvalue weighted by Crippen LogP contribution is -2.04. The predicted molar refractivity (Wildman–Crippen MR) is 70.6 cm³/mol. The molecule has 20 heavy (non-hydrogen) atoms. The van der Waals surface area contributed by atoms with Crippen molar-refractivity contribution in [1.29, 1.82) is 0 Å². The zero-order chi connectivity index (χ0) is 14.7. The van der Waals surface area contributed by atoms with E-state index in [0.29, 0.717) is 12.0 Å². The summed E-state index contributed by atoms with van der Waals surface area (Å²) < 4.78 is 45.8. The van der Waals surface area contributed by atoms with Gasteiger partial charge in [0, 0.05) is 6.07 Å². The molecule has 2 aromatic rings. The molecule has 0 fully saturated rings. The molecular formula is C14H11ClF3NO. The summed E-state index contributed by atoms with van der Waals surface area (Å²) in [6, 6.07) is 5.78. The number of hydrogen-bond acceptors (Lipinski definition) is 2. The number of ether oxygens (including phenoxy) is 1. The summed E-state index contributed by atoms with van der Waals surface area (Å²) >= 11 is 5.51. The lowest BCUT2D eigenvalue weighted by atomic mass is 10.1. The quantitative estimate of drug-likeness (QED) is 0.924. The Morgan fingerprint density at radius 1 is 1.00 bits per heavy atom. The molecule has 0 spiro atoms. The molecule has 0 aliphatic heterocycles. The number of halogens is 4. The third-order valence-corrected chi connectivity index (χ3v) is 2.91. The number of nitrogens with two attached hydrogens (primary N) is 1. The van der Waals surface area contributed by atoms with E-state index in [1.807, 2.05) is 0 Å². The fraction of sp³-hybridized carbons (Fsp3) is 0.143. The van der Waals surface area contributed by atoms with Crippen LogP contribution < -0.4 is 10.5 Å². The Morgan fingerprint density at radius 2 is 1.65 bits per heavy atom. The molecule has 0 amide bonds. The van der Waals surface area contributed by atoms with Crippen molar-refractivity contribution >= 4 is 11.6 Å². The summed E-state index contributed by atoms with van der Waals surface area (Å²) in [4.78, 5) is 0. The number of benzene rings is 2. The summed E-state index contributed by atoms with van der Waals surface area (Å²) in [5.74, 6) is -3.11. The van der Waals surface area contributed by atoms with Crippen LogP contribution in [-0.2, 0) is 6.42 Å². The minimum Gasteiger partial charge on any atom is -0.451 e. The molecule has 0 aliphatic rings. The summed E-state index contributed by atoms with van der Waals surface area (Å²) in [7, 11) is 0. The number of hydrogen-bond donors (Lipinski definition) is 1. The summed E-state index contributed by atoms with van der Waals surface area (Å²) in [5.41, 5.74) is 5.75. The van der Waals surface area contributed by atoms with Crippen LogP contribution in [0.15, 0.2) is 30.3 Å². The molecule has 2 N–H and O–H groups in total. The predicted octanol–water partition coefficient (Wildman–Crippen LogP) is 4.05. The van der Waals surface area contributed by atoms with E-state index in [0.717, 1.165) is 18.2 Å². The largest absolute Gasteiger partial charge is 0.451 e. The van der Waals surface area contributed by atoms with Crippen molar-refractivity contribution < 1.29 is 17.9 Å². The van der Waals surface area contributed by atoms with Crippen molar-refractivity contribution in [3.63, 3.8) is 0 Å². The molecule has 0 saturated carbocycles. The Kier molecular flexibility index (Phi) is 4.52. The lowest BCUT2D eigenvalue weighted by molar-refractivity contribution is 0.404. The van der Waals surface area contributed by atoms with Crippen LogP contribution in [0.4, 0.5) is 13.2 Å². The Hall–Kier alpha value is -1.72. The summed E-state index contributed by atoms with van der Waals surface area (Å²) in [5, 5.41) is -0.100. The molecule has 0 bridgehead atoms. The maximum absolute atomic E-state index is 13.8. The molecule has 0 saturated heterocycles. The van der Waals surface area contributed by atoms with Gasteiger partial charge in [-0.2, -0.15) is 0 Å². The fourth-order valence-electron chi connectivity index (χ4n) is 1.68. The van der Waals surface area contributed by atoms with E-state index in [9.17, 15) is 13.2 Å². The highest BCUT2D eigenvalue weighted by Gasteiger charge is 2.14. The minimum absolute atomic E-state index is 0.0451. The van der Waals surface area contributed by atoms with Crippen LogP contribution in [0.2, 0.25) is 5.02 Å². The maximum atomic E-state index is 13.8. The van der Waals surface area contributed by atoms with Gasteiger partial charge in [0.05, 0.1) is 5.02 Å². The Bertz CT molecular complexity index is 611. The Labute approximate surface area is 118 Å². The molecule has 0 heterocycles. The van der Waals surface area contributed by atoms with Crippen LogP contribution in [0.1, 0.15) is 5.56 Å². The van der Waals surface area contributed by atoms with Gasteiger partial charge in [-0.1, -0.05) is 11.6 Å². The first-order valence-corrected chi connectivity index (χ1v) is 6.20. The fourth-order valence-corrected chi connectivity index (χ4v) is 1.80. The van der Waals surface area contributed by atoms with E-state index in [1.54, 1.807) is 0 Å². The first-order valence-electron chi connectivity index (χ1n) is 5.82. The SMILES string of the molecule is NCCc1cc(F)c(Oc2ccc(Cl)c(F)c2)c(F)c1. The standard InChI is InChI=1S/C14H11ClF3NO/c15-10-2-1-9(7-11(10)16)20-14-12(17)5-8(3-4-19)6-13(14)18/h1-2,5-7H,3-4,19H2. The third kappa shape index (κ3) is 3.23. The van der Waals surface area contributed by atoms with Crippen LogP contribution >= 0.6 is 11.6 Å². The van der Waals surface area contributed by atoms with E-state index >= 15 is 0 Å². The first-order chi connectivity index (χ1) is 9.51. The zero-order valence-corrected chi connectivity index (χ0v) is 11.1. The van der Waals surface area contributed by atoms with Gasteiger partial charge in [-0.15, -0.1) is 0 Å². The van der Waals surface area contributed by atoms with Gasteiger partial charge in [0.2, 0.25) is 0 Å². The minimum atomic E-state index is -0.871. The van der Waals surface area contributed by atoms with Crippen LogP contribution in [0.25, 0.3) is 0 Å². The molecule has 0 aliphatic carbocycles. The second-order valence-corrected chi connectivity index (χ2v) is 4.51. The molecular weight excluding hydrogens is 291 g/mol. The highest BCUT2D eigenvalue weighted by molar-refractivity contribution is 6.30.